The maximum absolute atomic E-state index is 2.53. The molecule has 11 rings (SSSR count). The number of anilines is 2. The molecule has 264 valence electrons. The maximum Gasteiger partial charge on any atom is 0.0726 e. The molecule has 6 aromatic rings. The van der Waals surface area contributed by atoms with Gasteiger partial charge in [-0.15, -0.1) is 0 Å². The fourth-order valence-corrected chi connectivity index (χ4v) is 10.5. The molecule has 6 aromatic carbocycles. The van der Waals surface area contributed by atoms with Gasteiger partial charge in [-0.3, -0.25) is 0 Å². The van der Waals surface area contributed by atoms with Gasteiger partial charge in [0.25, 0.3) is 0 Å². The van der Waals surface area contributed by atoms with Crippen molar-refractivity contribution in [3.05, 3.63) is 232 Å². The first kappa shape index (κ1) is 32.3. The molecule has 0 heterocycles. The van der Waals surface area contributed by atoms with E-state index in [2.05, 4.69) is 202 Å². The van der Waals surface area contributed by atoms with E-state index in [1.807, 2.05) is 0 Å². The van der Waals surface area contributed by atoms with Crippen molar-refractivity contribution in [3.63, 3.8) is 0 Å². The Morgan fingerprint density at radius 2 is 1.13 bits per heavy atom. The van der Waals surface area contributed by atoms with E-state index in [1.54, 1.807) is 0 Å². The number of allylic oxidation sites excluding steroid dienone is 9. The molecule has 5 aliphatic rings. The van der Waals surface area contributed by atoms with Crippen LogP contribution in [-0.2, 0) is 10.8 Å². The van der Waals surface area contributed by atoms with Crippen LogP contribution >= 0.6 is 0 Å². The second-order valence-electron chi connectivity index (χ2n) is 16.4. The molecular weight excluding hydrogens is 663 g/mol. The van der Waals surface area contributed by atoms with Crippen LogP contribution in [0.15, 0.2) is 187 Å². The minimum Gasteiger partial charge on any atom is -0.311 e. The van der Waals surface area contributed by atoms with Gasteiger partial charge in [0.15, 0.2) is 0 Å². The zero-order valence-electron chi connectivity index (χ0n) is 31.7. The molecule has 0 saturated heterocycles. The van der Waals surface area contributed by atoms with Crippen molar-refractivity contribution in [2.75, 3.05) is 4.90 Å². The highest BCUT2D eigenvalue weighted by molar-refractivity contribution is 5.99. The third kappa shape index (κ3) is 4.53. The third-order valence-electron chi connectivity index (χ3n) is 13.1. The van der Waals surface area contributed by atoms with Crippen molar-refractivity contribution in [1.29, 1.82) is 0 Å². The molecule has 0 amide bonds. The van der Waals surface area contributed by atoms with E-state index in [9.17, 15) is 0 Å². The predicted molar refractivity (Wildman–Crippen MR) is 230 cm³/mol. The Morgan fingerprint density at radius 1 is 0.545 bits per heavy atom. The van der Waals surface area contributed by atoms with Crippen LogP contribution in [0, 0.1) is 6.92 Å². The second kappa shape index (κ2) is 11.9. The van der Waals surface area contributed by atoms with E-state index in [0.717, 1.165) is 12.8 Å². The van der Waals surface area contributed by atoms with Crippen LogP contribution in [0.25, 0.3) is 27.8 Å². The first-order chi connectivity index (χ1) is 26.9. The SMILES string of the molecule is Cc1ccc(C2C=CC(N(c3ccc4c(c3)C(C)(C)c3ccccc3-4)c3ccc4c(c3)[C@]3(C5=C(C=CCC=C5)c5ccccc53)c3ccccc3-4)=CC2)cc1. The van der Waals surface area contributed by atoms with Crippen LogP contribution in [0.2, 0.25) is 0 Å². The monoisotopic (exact) mass is 705 g/mol. The van der Waals surface area contributed by atoms with Gasteiger partial charge in [0, 0.05) is 28.4 Å². The smallest absolute Gasteiger partial charge is 0.0726 e. The summed E-state index contributed by atoms with van der Waals surface area (Å²) in [5, 5.41) is 0. The molecule has 1 spiro atoms. The van der Waals surface area contributed by atoms with Gasteiger partial charge in [0.05, 0.1) is 5.41 Å². The summed E-state index contributed by atoms with van der Waals surface area (Å²) in [5.41, 5.74) is 22.1. The second-order valence-corrected chi connectivity index (χ2v) is 16.4. The first-order valence-corrected chi connectivity index (χ1v) is 19.9. The molecule has 2 atom stereocenters. The summed E-state index contributed by atoms with van der Waals surface area (Å²) in [6, 6.07) is 50.7. The van der Waals surface area contributed by atoms with Crippen molar-refractivity contribution < 1.29 is 0 Å². The topological polar surface area (TPSA) is 3.24 Å². The molecule has 0 radical (unpaired) electrons. The zero-order chi connectivity index (χ0) is 36.9. The van der Waals surface area contributed by atoms with Gasteiger partial charge in [-0.1, -0.05) is 165 Å². The third-order valence-corrected chi connectivity index (χ3v) is 13.1. The molecular formula is C54H43N. The first-order valence-electron chi connectivity index (χ1n) is 19.9. The highest BCUT2D eigenvalue weighted by atomic mass is 15.1. The predicted octanol–water partition coefficient (Wildman–Crippen LogP) is 13.7. The maximum atomic E-state index is 2.53. The summed E-state index contributed by atoms with van der Waals surface area (Å²) in [4.78, 5) is 2.52. The van der Waals surface area contributed by atoms with E-state index in [0.29, 0.717) is 5.92 Å². The number of nitrogens with zero attached hydrogens (tertiary/aromatic N) is 1. The lowest BCUT2D eigenvalue weighted by Gasteiger charge is -2.34. The van der Waals surface area contributed by atoms with Crippen molar-refractivity contribution >= 4 is 16.9 Å². The highest BCUT2D eigenvalue weighted by Crippen LogP contribution is 2.63. The molecule has 0 aromatic heterocycles. The number of aryl methyl sites for hydroxylation is 1. The molecule has 1 unspecified atom stereocenters. The quantitative estimate of drug-likeness (QED) is 0.176. The number of rotatable bonds is 4. The lowest BCUT2D eigenvalue weighted by Crippen LogP contribution is -2.27. The normalized spacial score (nSPS) is 20.3. The highest BCUT2D eigenvalue weighted by Gasteiger charge is 2.52. The van der Waals surface area contributed by atoms with E-state index < -0.39 is 5.41 Å². The number of benzene rings is 6. The summed E-state index contributed by atoms with van der Waals surface area (Å²) < 4.78 is 0. The fraction of sp³-hybridized carbons (Fsp3) is 0.148. The largest absolute Gasteiger partial charge is 0.311 e. The van der Waals surface area contributed by atoms with Crippen LogP contribution in [0.1, 0.15) is 77.1 Å². The standard InChI is InChI=1S/C54H43N/c1-35-21-23-36(24-22-35)37-25-27-38(28-26-37)55(39-29-31-45-41-14-7-10-17-47(41)53(2,3)51(45)33-39)40-30-32-46-44-16-9-12-20-50(44)54(52(46)34-40)48-18-6-4-5-13-42(48)43-15-8-11-19-49(43)54/h5-25,27-34,37H,4,26H2,1-3H3/t37?,54-/m0/s1. The van der Waals surface area contributed by atoms with Crippen LogP contribution in [0.4, 0.5) is 11.4 Å². The van der Waals surface area contributed by atoms with E-state index >= 15 is 0 Å². The molecule has 55 heavy (non-hydrogen) atoms. The number of hydrogen-bond donors (Lipinski definition) is 0. The Kier molecular flexibility index (Phi) is 6.99. The Morgan fingerprint density at radius 3 is 1.84 bits per heavy atom. The van der Waals surface area contributed by atoms with Crippen molar-refractivity contribution in [2.24, 2.45) is 0 Å². The molecule has 0 bridgehead atoms. The number of hydrogen-bond acceptors (Lipinski definition) is 1. The molecule has 1 heteroatoms. The van der Waals surface area contributed by atoms with Gasteiger partial charge in [-0.25, -0.2) is 0 Å². The fourth-order valence-electron chi connectivity index (χ4n) is 10.5. The Labute approximate surface area is 325 Å². The molecule has 1 nitrogen and oxygen atoms in total. The van der Waals surface area contributed by atoms with Gasteiger partial charge in [-0.05, 0) is 122 Å². The molecule has 0 N–H and O–H groups in total. The summed E-state index contributed by atoms with van der Waals surface area (Å²) in [6.45, 7) is 6.92. The average molecular weight is 706 g/mol. The number of fused-ring (bicyclic) bond motifs is 12. The van der Waals surface area contributed by atoms with E-state index in [4.69, 9.17) is 0 Å². The summed E-state index contributed by atoms with van der Waals surface area (Å²) in [5.74, 6) is 0.355. The summed E-state index contributed by atoms with van der Waals surface area (Å²) in [7, 11) is 0. The van der Waals surface area contributed by atoms with Gasteiger partial charge in [-0.2, -0.15) is 0 Å². The lowest BCUT2D eigenvalue weighted by atomic mass is 9.69. The van der Waals surface area contributed by atoms with Crippen LogP contribution < -0.4 is 4.90 Å². The summed E-state index contributed by atoms with van der Waals surface area (Å²) >= 11 is 0. The Balaban J connectivity index is 1.12. The Bertz CT molecular complexity index is 2750. The summed E-state index contributed by atoms with van der Waals surface area (Å²) in [6.07, 6.45) is 18.6. The van der Waals surface area contributed by atoms with Crippen molar-refractivity contribution in [2.45, 2.75) is 50.4 Å². The van der Waals surface area contributed by atoms with Crippen LogP contribution in [0.5, 0.6) is 0 Å². The molecule has 0 aliphatic heterocycles. The van der Waals surface area contributed by atoms with Gasteiger partial charge in [0.2, 0.25) is 0 Å². The minimum absolute atomic E-state index is 0.0969. The van der Waals surface area contributed by atoms with Gasteiger partial charge >= 0.3 is 0 Å². The van der Waals surface area contributed by atoms with E-state index in [-0.39, 0.29) is 5.41 Å². The molecule has 0 fully saturated rings. The van der Waals surface area contributed by atoms with Gasteiger partial charge in [0.1, 0.15) is 0 Å². The van der Waals surface area contributed by atoms with Crippen LogP contribution in [-0.4, -0.2) is 0 Å². The molecule has 5 aliphatic carbocycles. The molecule has 0 saturated carbocycles. The van der Waals surface area contributed by atoms with Crippen molar-refractivity contribution in [3.8, 4) is 22.3 Å². The lowest BCUT2D eigenvalue weighted by molar-refractivity contribution is 0.660. The minimum atomic E-state index is -0.403. The van der Waals surface area contributed by atoms with E-state index in [1.165, 1.54) is 95.0 Å². The zero-order valence-corrected chi connectivity index (χ0v) is 31.7. The van der Waals surface area contributed by atoms with Crippen molar-refractivity contribution in [1.82, 2.24) is 0 Å². The van der Waals surface area contributed by atoms with Gasteiger partial charge < -0.3 is 4.90 Å². The average Bonchev–Trinajstić information content (AvgIpc) is 3.64. The Hall–Kier alpha value is -6.18. The van der Waals surface area contributed by atoms with Crippen LogP contribution in [0.3, 0.4) is 0 Å².